The number of nitrogens with zero attached hydrogens (tertiary/aromatic N) is 2. The Labute approximate surface area is 156 Å². The second kappa shape index (κ2) is 6.81. The minimum atomic E-state index is -4.42. The second-order valence-corrected chi connectivity index (χ2v) is 6.42. The normalized spacial score (nSPS) is 11.2. The van der Waals surface area contributed by atoms with Crippen molar-refractivity contribution in [2.75, 3.05) is 5.73 Å². The number of aromatic nitrogens is 1. The molecule has 0 unspecified atom stereocenters. The van der Waals surface area contributed by atoms with Crippen LogP contribution in [0, 0.1) is 11.3 Å². The van der Waals surface area contributed by atoms with Crippen molar-refractivity contribution in [3.05, 3.63) is 70.2 Å². The molecule has 2 N–H and O–H groups in total. The number of hydrogen-bond acceptors (Lipinski definition) is 3. The van der Waals surface area contributed by atoms with Crippen molar-refractivity contribution in [1.29, 1.82) is 5.26 Å². The first-order chi connectivity index (χ1) is 12.3. The van der Waals surface area contributed by atoms with Gasteiger partial charge in [-0.1, -0.05) is 40.2 Å². The number of anilines is 1. The lowest BCUT2D eigenvalue weighted by molar-refractivity contribution is -0.137. The predicted molar refractivity (Wildman–Crippen MR) is 96.9 cm³/mol. The zero-order valence-electron chi connectivity index (χ0n) is 13.2. The summed E-state index contributed by atoms with van der Waals surface area (Å²) >= 11 is 3.35. The first kappa shape index (κ1) is 18.0. The molecule has 0 radical (unpaired) electrons. The molecule has 3 rings (SSSR count). The van der Waals surface area contributed by atoms with Gasteiger partial charge in [0.1, 0.15) is 17.5 Å². The Morgan fingerprint density at radius 3 is 2.08 bits per heavy atom. The number of nitriles is 1. The summed E-state index contributed by atoms with van der Waals surface area (Å²) in [6.07, 6.45) is -4.42. The van der Waals surface area contributed by atoms with Gasteiger partial charge in [-0.2, -0.15) is 18.4 Å². The van der Waals surface area contributed by atoms with E-state index in [4.69, 9.17) is 5.73 Å². The summed E-state index contributed by atoms with van der Waals surface area (Å²) in [6, 6.07) is 15.6. The van der Waals surface area contributed by atoms with Crippen LogP contribution in [0.25, 0.3) is 22.4 Å². The molecule has 130 valence electrons. The van der Waals surface area contributed by atoms with Crippen LogP contribution < -0.4 is 5.73 Å². The van der Waals surface area contributed by atoms with Crippen LogP contribution in [0.1, 0.15) is 11.1 Å². The minimum absolute atomic E-state index is 0.0304. The Morgan fingerprint density at radius 1 is 0.962 bits per heavy atom. The number of alkyl halides is 3. The maximum Gasteiger partial charge on any atom is 0.416 e. The van der Waals surface area contributed by atoms with Crippen molar-refractivity contribution in [3.8, 4) is 28.5 Å². The van der Waals surface area contributed by atoms with Gasteiger partial charge < -0.3 is 5.73 Å². The van der Waals surface area contributed by atoms with Crippen LogP contribution in [-0.4, -0.2) is 4.98 Å². The molecule has 0 saturated heterocycles. The van der Waals surface area contributed by atoms with Crippen molar-refractivity contribution in [2.45, 2.75) is 6.18 Å². The van der Waals surface area contributed by atoms with E-state index in [1.165, 1.54) is 12.1 Å². The van der Waals surface area contributed by atoms with Gasteiger partial charge in [0.2, 0.25) is 0 Å². The van der Waals surface area contributed by atoms with E-state index in [1.54, 1.807) is 6.07 Å². The summed E-state index contributed by atoms with van der Waals surface area (Å²) in [6.45, 7) is 0. The van der Waals surface area contributed by atoms with Crippen molar-refractivity contribution >= 4 is 21.7 Å². The second-order valence-electron chi connectivity index (χ2n) is 5.51. The first-order valence-electron chi connectivity index (χ1n) is 7.44. The summed E-state index contributed by atoms with van der Waals surface area (Å²) in [5.41, 5.74) is 7.49. The summed E-state index contributed by atoms with van der Waals surface area (Å²) in [7, 11) is 0. The van der Waals surface area contributed by atoms with Crippen molar-refractivity contribution in [1.82, 2.24) is 4.98 Å². The van der Waals surface area contributed by atoms with Gasteiger partial charge in [-0.3, -0.25) is 0 Å². The Balaban J connectivity index is 2.14. The summed E-state index contributed by atoms with van der Waals surface area (Å²) < 4.78 is 39.2. The van der Waals surface area contributed by atoms with E-state index in [-0.39, 0.29) is 11.4 Å². The van der Waals surface area contributed by atoms with E-state index in [9.17, 15) is 18.4 Å². The molecule has 0 fully saturated rings. The van der Waals surface area contributed by atoms with Gasteiger partial charge in [-0.25, -0.2) is 4.98 Å². The highest BCUT2D eigenvalue weighted by Gasteiger charge is 2.30. The average Bonchev–Trinajstić information content (AvgIpc) is 2.61. The highest BCUT2D eigenvalue weighted by molar-refractivity contribution is 9.10. The molecule has 0 bridgehead atoms. The molecular formula is C19H11BrF3N3. The number of pyridine rings is 1. The Bertz CT molecular complexity index is 989. The first-order valence-corrected chi connectivity index (χ1v) is 8.23. The van der Waals surface area contributed by atoms with Gasteiger partial charge >= 0.3 is 6.18 Å². The number of nitrogens with two attached hydrogens (primary N) is 1. The third-order valence-corrected chi connectivity index (χ3v) is 4.35. The lowest BCUT2D eigenvalue weighted by Gasteiger charge is -2.12. The topological polar surface area (TPSA) is 62.7 Å². The van der Waals surface area contributed by atoms with E-state index in [0.717, 1.165) is 22.2 Å². The van der Waals surface area contributed by atoms with Gasteiger partial charge in [-0.15, -0.1) is 0 Å². The summed E-state index contributed by atoms with van der Waals surface area (Å²) in [5.74, 6) is 0.0304. The average molecular weight is 418 g/mol. The maximum atomic E-state index is 12.8. The highest BCUT2D eigenvalue weighted by atomic mass is 79.9. The molecule has 0 aliphatic carbocycles. The van der Waals surface area contributed by atoms with Gasteiger partial charge in [0.25, 0.3) is 0 Å². The molecule has 0 atom stereocenters. The SMILES string of the molecule is N#Cc1c(-c2ccc(C(F)(F)F)cc2)cc(-c2ccc(Br)cc2)nc1N. The van der Waals surface area contributed by atoms with Gasteiger partial charge in [0.15, 0.2) is 0 Å². The maximum absolute atomic E-state index is 12.8. The van der Waals surface area contributed by atoms with E-state index in [1.807, 2.05) is 30.3 Å². The fourth-order valence-corrected chi connectivity index (χ4v) is 2.78. The molecule has 26 heavy (non-hydrogen) atoms. The molecule has 0 aliphatic heterocycles. The smallest absolute Gasteiger partial charge is 0.383 e. The number of nitrogen functional groups attached to an aromatic ring is 1. The molecule has 0 saturated carbocycles. The Kier molecular flexibility index (Phi) is 4.70. The summed E-state index contributed by atoms with van der Waals surface area (Å²) in [4.78, 5) is 4.25. The third kappa shape index (κ3) is 3.55. The fourth-order valence-electron chi connectivity index (χ4n) is 2.52. The van der Waals surface area contributed by atoms with Crippen molar-refractivity contribution in [2.24, 2.45) is 0 Å². The fraction of sp³-hybridized carbons (Fsp3) is 0.0526. The van der Waals surface area contributed by atoms with Gasteiger partial charge in [0, 0.05) is 15.6 Å². The Hall–Kier alpha value is -2.85. The molecule has 2 aromatic carbocycles. The zero-order chi connectivity index (χ0) is 18.9. The van der Waals surface area contributed by atoms with E-state index < -0.39 is 11.7 Å². The molecule has 0 aliphatic rings. The molecule has 0 amide bonds. The van der Waals surface area contributed by atoms with Crippen LogP contribution in [0.2, 0.25) is 0 Å². The van der Waals surface area contributed by atoms with E-state index >= 15 is 0 Å². The van der Waals surface area contributed by atoms with Crippen LogP contribution in [-0.2, 0) is 6.18 Å². The summed E-state index contributed by atoms with van der Waals surface area (Å²) in [5, 5.41) is 9.39. The standard InChI is InChI=1S/C19H11BrF3N3/c20-14-7-3-12(4-8-14)17-9-15(16(10-24)18(25)26-17)11-1-5-13(6-2-11)19(21,22)23/h1-9H,(H2,25,26). The lowest BCUT2D eigenvalue weighted by atomic mass is 9.97. The third-order valence-electron chi connectivity index (χ3n) is 3.82. The minimum Gasteiger partial charge on any atom is -0.383 e. The molecule has 1 heterocycles. The predicted octanol–water partition coefficient (Wildman–Crippen LogP) is 5.65. The molecule has 3 aromatic rings. The molecular weight excluding hydrogens is 407 g/mol. The Morgan fingerprint density at radius 2 is 1.54 bits per heavy atom. The zero-order valence-corrected chi connectivity index (χ0v) is 14.8. The van der Waals surface area contributed by atoms with Crippen LogP contribution in [0.3, 0.4) is 0 Å². The van der Waals surface area contributed by atoms with Crippen LogP contribution in [0.5, 0.6) is 0 Å². The molecule has 7 heteroatoms. The number of hydrogen-bond donors (Lipinski definition) is 1. The molecule has 1 aromatic heterocycles. The van der Waals surface area contributed by atoms with Crippen molar-refractivity contribution < 1.29 is 13.2 Å². The highest BCUT2D eigenvalue weighted by Crippen LogP contribution is 2.34. The van der Waals surface area contributed by atoms with Gasteiger partial charge in [-0.05, 0) is 35.9 Å². The van der Waals surface area contributed by atoms with Crippen LogP contribution in [0.4, 0.5) is 19.0 Å². The van der Waals surface area contributed by atoms with E-state index in [2.05, 4.69) is 20.9 Å². The van der Waals surface area contributed by atoms with Crippen LogP contribution in [0.15, 0.2) is 59.1 Å². The number of benzene rings is 2. The number of rotatable bonds is 2. The number of halogens is 4. The van der Waals surface area contributed by atoms with Crippen molar-refractivity contribution in [3.63, 3.8) is 0 Å². The molecule has 3 nitrogen and oxygen atoms in total. The molecule has 0 spiro atoms. The van der Waals surface area contributed by atoms with E-state index in [0.29, 0.717) is 16.8 Å². The van der Waals surface area contributed by atoms with Crippen LogP contribution >= 0.6 is 15.9 Å². The lowest BCUT2D eigenvalue weighted by Crippen LogP contribution is -2.04. The van der Waals surface area contributed by atoms with Gasteiger partial charge in [0.05, 0.1) is 11.3 Å². The largest absolute Gasteiger partial charge is 0.416 e. The quantitative estimate of drug-likeness (QED) is 0.585. The monoisotopic (exact) mass is 417 g/mol.